The second-order valence-corrected chi connectivity index (χ2v) is 6.06. The molecule has 0 aliphatic carbocycles. The van der Waals surface area contributed by atoms with Crippen LogP contribution in [0.1, 0.15) is 25.6 Å². The number of carbonyl (C=O) groups excluding carboxylic acids is 1. The normalized spacial score (nSPS) is 17.3. The number of benzene rings is 1. The highest BCUT2D eigenvalue weighted by Gasteiger charge is 2.33. The fraction of sp³-hybridized carbons (Fsp3) is 0.353. The monoisotopic (exact) mass is 319 g/mol. The Morgan fingerprint density at radius 3 is 2.78 bits per heavy atom. The van der Waals surface area contributed by atoms with Crippen molar-refractivity contribution in [3.8, 4) is 0 Å². The first kappa shape index (κ1) is 15.5. The molecule has 1 aromatic carbocycles. The van der Waals surface area contributed by atoms with Gasteiger partial charge in [0.25, 0.3) is 0 Å². The van der Waals surface area contributed by atoms with Crippen molar-refractivity contribution in [3.05, 3.63) is 53.9 Å². The fourth-order valence-electron chi connectivity index (χ4n) is 3.12. The first-order valence-corrected chi connectivity index (χ1v) is 7.65. The quantitative estimate of drug-likeness (QED) is 0.892. The molecule has 0 unspecified atom stereocenters. The number of nitrogens with one attached hydrogen (secondary N) is 1. The Morgan fingerprint density at radius 2 is 2.04 bits per heavy atom. The van der Waals surface area contributed by atoms with Crippen LogP contribution in [-0.4, -0.2) is 22.0 Å². The zero-order valence-corrected chi connectivity index (χ0v) is 13.1. The van der Waals surface area contributed by atoms with Crippen molar-refractivity contribution < 1.29 is 13.6 Å². The molecule has 1 atom stereocenters. The Morgan fingerprint density at radius 1 is 1.26 bits per heavy atom. The van der Waals surface area contributed by atoms with Gasteiger partial charge in [-0.1, -0.05) is 13.8 Å². The van der Waals surface area contributed by atoms with E-state index in [4.69, 9.17) is 0 Å². The lowest BCUT2D eigenvalue weighted by atomic mass is 9.97. The summed E-state index contributed by atoms with van der Waals surface area (Å²) in [6.45, 7) is 5.28. The maximum atomic E-state index is 13.7. The Bertz CT molecular complexity index is 726. The minimum atomic E-state index is -0.652. The number of hydrogen-bond acceptors (Lipinski definition) is 1. The predicted molar refractivity (Wildman–Crippen MR) is 84.1 cm³/mol. The van der Waals surface area contributed by atoms with Crippen LogP contribution in [0.25, 0.3) is 0 Å². The minimum absolute atomic E-state index is 0.102. The number of aromatic nitrogens is 1. The van der Waals surface area contributed by atoms with Crippen LogP contribution in [0, 0.1) is 17.6 Å². The molecule has 0 spiro atoms. The summed E-state index contributed by atoms with van der Waals surface area (Å²) in [5.74, 6) is -1.04. The van der Waals surface area contributed by atoms with Crippen LogP contribution in [-0.2, 0) is 6.54 Å². The number of hydrogen-bond donors (Lipinski definition) is 1. The molecule has 0 saturated carbocycles. The number of rotatable bonds is 2. The van der Waals surface area contributed by atoms with E-state index in [9.17, 15) is 13.6 Å². The summed E-state index contributed by atoms with van der Waals surface area (Å²) in [5, 5.41) is 2.49. The third kappa shape index (κ3) is 2.93. The van der Waals surface area contributed by atoms with Gasteiger partial charge in [-0.05, 0) is 30.2 Å². The molecule has 2 heterocycles. The van der Waals surface area contributed by atoms with E-state index in [1.54, 1.807) is 4.90 Å². The first-order valence-electron chi connectivity index (χ1n) is 7.65. The second-order valence-electron chi connectivity index (χ2n) is 6.06. The van der Waals surface area contributed by atoms with Crippen molar-refractivity contribution in [3.63, 3.8) is 0 Å². The maximum Gasteiger partial charge on any atom is 0.322 e. The Kier molecular flexibility index (Phi) is 4.07. The largest absolute Gasteiger partial charge is 0.348 e. The molecule has 0 fully saturated rings. The zero-order valence-electron chi connectivity index (χ0n) is 13.1. The summed E-state index contributed by atoms with van der Waals surface area (Å²) in [7, 11) is 0. The first-order chi connectivity index (χ1) is 11.0. The highest BCUT2D eigenvalue weighted by molar-refractivity contribution is 5.89. The molecule has 3 rings (SSSR count). The average molecular weight is 319 g/mol. The van der Waals surface area contributed by atoms with Crippen molar-refractivity contribution in [1.29, 1.82) is 0 Å². The Hall–Kier alpha value is -2.37. The SMILES string of the molecule is CC(C)[C@H]1c2cccn2CCN1C(=O)Nc1cc(F)ccc1F. The van der Waals surface area contributed by atoms with Gasteiger partial charge >= 0.3 is 6.03 Å². The van der Waals surface area contributed by atoms with Crippen molar-refractivity contribution in [2.24, 2.45) is 5.92 Å². The number of nitrogens with zero attached hydrogens (tertiary/aromatic N) is 2. The van der Waals surface area contributed by atoms with Crippen LogP contribution in [0.15, 0.2) is 36.5 Å². The van der Waals surface area contributed by atoms with E-state index in [2.05, 4.69) is 9.88 Å². The number of fused-ring (bicyclic) bond motifs is 1. The van der Waals surface area contributed by atoms with Crippen LogP contribution in [0.3, 0.4) is 0 Å². The van der Waals surface area contributed by atoms with Gasteiger partial charge in [-0.25, -0.2) is 13.6 Å². The third-order valence-electron chi connectivity index (χ3n) is 4.15. The van der Waals surface area contributed by atoms with Gasteiger partial charge in [0, 0.05) is 31.0 Å². The third-order valence-corrected chi connectivity index (χ3v) is 4.15. The van der Waals surface area contributed by atoms with Gasteiger partial charge < -0.3 is 14.8 Å². The molecular weight excluding hydrogens is 300 g/mol. The molecule has 1 aromatic heterocycles. The van der Waals surface area contributed by atoms with Gasteiger partial charge in [-0.3, -0.25) is 0 Å². The molecule has 1 aliphatic heterocycles. The van der Waals surface area contributed by atoms with E-state index in [0.29, 0.717) is 13.1 Å². The fourth-order valence-corrected chi connectivity index (χ4v) is 3.12. The molecule has 1 aliphatic rings. The van der Waals surface area contributed by atoms with E-state index in [1.807, 2.05) is 32.2 Å². The molecule has 0 saturated heterocycles. The van der Waals surface area contributed by atoms with Gasteiger partial charge in [-0.2, -0.15) is 0 Å². The van der Waals surface area contributed by atoms with Crippen LogP contribution < -0.4 is 5.32 Å². The van der Waals surface area contributed by atoms with Crippen LogP contribution in [0.4, 0.5) is 19.3 Å². The zero-order chi connectivity index (χ0) is 16.6. The van der Waals surface area contributed by atoms with Crippen molar-refractivity contribution in [2.75, 3.05) is 11.9 Å². The van der Waals surface area contributed by atoms with Gasteiger partial charge in [0.15, 0.2) is 0 Å². The minimum Gasteiger partial charge on any atom is -0.348 e. The van der Waals surface area contributed by atoms with E-state index >= 15 is 0 Å². The summed E-state index contributed by atoms with van der Waals surface area (Å²) in [6.07, 6.45) is 1.99. The van der Waals surface area contributed by atoms with Gasteiger partial charge in [0.2, 0.25) is 0 Å². The van der Waals surface area contributed by atoms with E-state index in [-0.39, 0.29) is 17.6 Å². The van der Waals surface area contributed by atoms with E-state index < -0.39 is 17.7 Å². The summed E-state index contributed by atoms with van der Waals surface area (Å²) in [6, 6.07) is 6.45. The van der Waals surface area contributed by atoms with Gasteiger partial charge in [0.1, 0.15) is 11.6 Å². The summed E-state index contributed by atoms with van der Waals surface area (Å²) < 4.78 is 29.1. The van der Waals surface area contributed by atoms with Crippen molar-refractivity contribution in [2.45, 2.75) is 26.4 Å². The topological polar surface area (TPSA) is 37.3 Å². The number of urea groups is 1. The predicted octanol–water partition coefficient (Wildman–Crippen LogP) is 4.01. The Balaban J connectivity index is 1.85. The van der Waals surface area contributed by atoms with Crippen molar-refractivity contribution in [1.82, 2.24) is 9.47 Å². The van der Waals surface area contributed by atoms with Crippen LogP contribution in [0.5, 0.6) is 0 Å². The highest BCUT2D eigenvalue weighted by Crippen LogP contribution is 2.32. The molecule has 0 bridgehead atoms. The van der Waals surface area contributed by atoms with Crippen molar-refractivity contribution >= 4 is 11.7 Å². The standard InChI is InChI=1S/C17H19F2N3O/c1-11(2)16-15-4-3-7-21(15)8-9-22(16)17(23)20-14-10-12(18)5-6-13(14)19/h3-7,10-11,16H,8-9H2,1-2H3,(H,20,23)/t16-/m0/s1. The highest BCUT2D eigenvalue weighted by atomic mass is 19.1. The molecule has 2 amide bonds. The number of carbonyl (C=O) groups is 1. The van der Waals surface area contributed by atoms with Gasteiger partial charge in [-0.15, -0.1) is 0 Å². The second kappa shape index (κ2) is 6.02. The molecule has 2 aromatic rings. The molecule has 0 radical (unpaired) electrons. The van der Waals surface area contributed by atoms with Gasteiger partial charge in [0.05, 0.1) is 11.7 Å². The molecule has 23 heavy (non-hydrogen) atoms. The number of halogens is 2. The molecule has 122 valence electrons. The summed E-state index contributed by atoms with van der Waals surface area (Å²) in [4.78, 5) is 14.3. The van der Waals surface area contributed by atoms with E-state index in [0.717, 1.165) is 23.9 Å². The number of amides is 2. The lowest BCUT2D eigenvalue weighted by Crippen LogP contribution is -2.45. The van der Waals surface area contributed by atoms with Crippen LogP contribution >= 0.6 is 0 Å². The molecule has 6 heteroatoms. The molecule has 4 nitrogen and oxygen atoms in total. The lowest BCUT2D eigenvalue weighted by molar-refractivity contribution is 0.143. The molecule has 1 N–H and O–H groups in total. The Labute approximate surface area is 133 Å². The summed E-state index contributed by atoms with van der Waals surface area (Å²) >= 11 is 0. The smallest absolute Gasteiger partial charge is 0.322 e. The molecular formula is C17H19F2N3O. The van der Waals surface area contributed by atoms with Crippen LogP contribution in [0.2, 0.25) is 0 Å². The average Bonchev–Trinajstić information content (AvgIpc) is 2.98. The van der Waals surface area contributed by atoms with E-state index in [1.165, 1.54) is 0 Å². The number of anilines is 1. The maximum absolute atomic E-state index is 13.7. The lowest BCUT2D eigenvalue weighted by Gasteiger charge is -2.39. The summed E-state index contributed by atoms with van der Waals surface area (Å²) in [5.41, 5.74) is 0.916.